The van der Waals surface area contributed by atoms with Crippen molar-refractivity contribution in [3.63, 3.8) is 0 Å². The average molecular weight is 1490 g/mol. The van der Waals surface area contributed by atoms with Crippen molar-refractivity contribution >= 4 is 39.5 Å². The van der Waals surface area contributed by atoms with Gasteiger partial charge in [0, 0.05) is 25.7 Å². The normalized spacial score (nSPS) is 14.4. The molecule has 0 aliphatic rings. The zero-order valence-electron chi connectivity index (χ0n) is 66.6. The average Bonchev–Trinajstić information content (AvgIpc) is 0.914. The predicted octanol–water partition coefficient (Wildman–Crippen LogP) is 24.5. The molecule has 0 aromatic carbocycles. The highest BCUT2D eigenvalue weighted by Gasteiger charge is 2.30. The summed E-state index contributed by atoms with van der Waals surface area (Å²) in [5.74, 6) is 0.212. The van der Waals surface area contributed by atoms with Gasteiger partial charge in [0.2, 0.25) is 0 Å². The van der Waals surface area contributed by atoms with Gasteiger partial charge < -0.3 is 33.8 Å². The zero-order valence-corrected chi connectivity index (χ0v) is 68.4. The fourth-order valence-electron chi connectivity index (χ4n) is 12.3. The van der Waals surface area contributed by atoms with Crippen LogP contribution in [0.1, 0.15) is 408 Å². The topological polar surface area (TPSA) is 237 Å². The van der Waals surface area contributed by atoms with Gasteiger partial charge in [-0.3, -0.25) is 37.3 Å². The SMILES string of the molecule is CCCCCC/C=C\C=C/CCCCCCCC(=O)O[C@H](COC(=O)CCCCCCCCCCCCCCC(C)C)COP(=O)(O)OCC(O)COP(=O)(O)OC[C@@H](COC(=O)CCCCCCCCCC(C)C)OC(=O)CCCCCCCCCCCCCCCCCCCCC(C)CC. The lowest BCUT2D eigenvalue weighted by Crippen LogP contribution is -2.30. The predicted molar refractivity (Wildman–Crippen MR) is 418 cm³/mol. The number of unbranched alkanes of at least 4 members (excludes halogenated alkanes) is 43. The molecule has 0 spiro atoms. The lowest BCUT2D eigenvalue weighted by Gasteiger charge is -2.21. The number of aliphatic hydroxyl groups is 1. The van der Waals surface area contributed by atoms with E-state index in [4.69, 9.17) is 37.0 Å². The van der Waals surface area contributed by atoms with Crippen molar-refractivity contribution in [2.75, 3.05) is 39.6 Å². The van der Waals surface area contributed by atoms with Crippen LogP contribution in [0.5, 0.6) is 0 Å². The van der Waals surface area contributed by atoms with Crippen LogP contribution in [0.15, 0.2) is 24.3 Å². The number of esters is 4. The van der Waals surface area contributed by atoms with Crippen molar-refractivity contribution in [1.82, 2.24) is 0 Å². The molecule has 0 aromatic heterocycles. The van der Waals surface area contributed by atoms with Gasteiger partial charge in [-0.25, -0.2) is 9.13 Å². The van der Waals surface area contributed by atoms with Crippen LogP contribution in [0.2, 0.25) is 0 Å². The highest BCUT2D eigenvalue weighted by Crippen LogP contribution is 2.45. The molecule has 3 N–H and O–H groups in total. The number of phosphoric ester groups is 2. The smallest absolute Gasteiger partial charge is 0.462 e. The minimum atomic E-state index is -4.97. The molecule has 0 fully saturated rings. The summed E-state index contributed by atoms with van der Waals surface area (Å²) in [5, 5.41) is 10.6. The standard InChI is InChI=1S/C83H158O17P2/c1-8-10-11-12-13-14-15-16-21-25-32-37-44-52-59-66-82(87)99-78(70-93-80(85)64-57-50-43-36-31-28-27-29-34-40-47-54-61-74(3)4)72-97-101(89,90)95-68-77(84)69-96-102(91,92)98-73-79(71-94-81(86)65-58-51-46-39-41-48-55-62-75(5)6)100-83(88)67-60-53-45-38-33-26-23-20-18-17-19-22-24-30-35-42-49-56-63-76(7)9-2/h14-16,21,74-79,84H,8-13,17-20,22-73H2,1-7H3,(H,89,90)(H,91,92)/b15-14-,21-16-/t76?,77?,78-,79-/m1/s1. The highest BCUT2D eigenvalue weighted by molar-refractivity contribution is 7.47. The number of hydrogen-bond donors (Lipinski definition) is 3. The van der Waals surface area contributed by atoms with E-state index in [2.05, 4.69) is 72.8 Å². The van der Waals surface area contributed by atoms with E-state index >= 15 is 0 Å². The summed E-state index contributed by atoms with van der Waals surface area (Å²) in [4.78, 5) is 73.0. The molecule has 0 aliphatic carbocycles. The molecular formula is C83H158O17P2. The van der Waals surface area contributed by atoms with Crippen LogP contribution in [0.3, 0.4) is 0 Å². The molecule has 17 nitrogen and oxygen atoms in total. The van der Waals surface area contributed by atoms with E-state index < -0.39 is 97.5 Å². The number of allylic oxidation sites excluding steroid dienone is 4. The lowest BCUT2D eigenvalue weighted by atomic mass is 9.99. The summed E-state index contributed by atoms with van der Waals surface area (Å²) in [6.45, 7) is 11.9. The van der Waals surface area contributed by atoms with Crippen molar-refractivity contribution in [3.05, 3.63) is 24.3 Å². The molecule has 0 radical (unpaired) electrons. The quantitative estimate of drug-likeness (QED) is 0.0169. The molecule has 6 atom stereocenters. The Morgan fingerprint density at radius 2 is 0.578 bits per heavy atom. The lowest BCUT2D eigenvalue weighted by molar-refractivity contribution is -0.161. The second-order valence-electron chi connectivity index (χ2n) is 30.4. The Kier molecular flexibility index (Phi) is 71.0. The van der Waals surface area contributed by atoms with Gasteiger partial charge in [0.15, 0.2) is 12.2 Å². The maximum absolute atomic E-state index is 13.1. The fourth-order valence-corrected chi connectivity index (χ4v) is 13.8. The number of hydrogen-bond acceptors (Lipinski definition) is 15. The number of ether oxygens (including phenoxy) is 4. The van der Waals surface area contributed by atoms with Crippen molar-refractivity contribution < 1.29 is 80.2 Å². The maximum Gasteiger partial charge on any atom is 0.472 e. The molecule has 0 heterocycles. The molecule has 4 unspecified atom stereocenters. The van der Waals surface area contributed by atoms with Gasteiger partial charge in [0.25, 0.3) is 0 Å². The third kappa shape index (κ3) is 74.4. The summed E-state index contributed by atoms with van der Waals surface area (Å²) in [7, 11) is -9.94. The third-order valence-electron chi connectivity index (χ3n) is 19.1. The number of aliphatic hydroxyl groups excluding tert-OH is 1. The highest BCUT2D eigenvalue weighted by atomic mass is 31.2. The minimum Gasteiger partial charge on any atom is -0.462 e. The van der Waals surface area contributed by atoms with E-state index in [1.165, 1.54) is 199 Å². The van der Waals surface area contributed by atoms with Crippen molar-refractivity contribution in [1.29, 1.82) is 0 Å². The van der Waals surface area contributed by atoms with Crippen LogP contribution in [-0.4, -0.2) is 96.7 Å². The Balaban J connectivity index is 5.23. The first-order valence-electron chi connectivity index (χ1n) is 42.2. The minimum absolute atomic E-state index is 0.0849. The van der Waals surface area contributed by atoms with E-state index in [-0.39, 0.29) is 25.7 Å². The van der Waals surface area contributed by atoms with Crippen LogP contribution in [-0.2, 0) is 65.4 Å². The second-order valence-corrected chi connectivity index (χ2v) is 33.3. The molecule has 0 rings (SSSR count). The van der Waals surface area contributed by atoms with Gasteiger partial charge in [0.05, 0.1) is 26.4 Å². The van der Waals surface area contributed by atoms with Crippen LogP contribution in [0.4, 0.5) is 0 Å². The molecule has 19 heteroatoms. The van der Waals surface area contributed by atoms with Gasteiger partial charge >= 0.3 is 39.5 Å². The van der Waals surface area contributed by atoms with Gasteiger partial charge in [0.1, 0.15) is 19.3 Å². The van der Waals surface area contributed by atoms with Crippen LogP contribution >= 0.6 is 15.6 Å². The summed E-state index contributed by atoms with van der Waals surface area (Å²) in [6.07, 6.45) is 64.7. The van der Waals surface area contributed by atoms with Gasteiger partial charge in [-0.15, -0.1) is 0 Å². The zero-order chi connectivity index (χ0) is 75.1. The molecule has 0 bridgehead atoms. The van der Waals surface area contributed by atoms with Crippen molar-refractivity contribution in [3.8, 4) is 0 Å². The summed E-state index contributed by atoms with van der Waals surface area (Å²) < 4.78 is 68.7. The van der Waals surface area contributed by atoms with Crippen LogP contribution < -0.4 is 0 Å². The van der Waals surface area contributed by atoms with E-state index in [0.717, 1.165) is 121 Å². The summed E-state index contributed by atoms with van der Waals surface area (Å²) >= 11 is 0. The molecular weight excluding hydrogens is 1330 g/mol. The molecule has 0 saturated heterocycles. The van der Waals surface area contributed by atoms with Gasteiger partial charge in [-0.1, -0.05) is 355 Å². The molecule has 602 valence electrons. The fraction of sp³-hybridized carbons (Fsp3) is 0.904. The van der Waals surface area contributed by atoms with Crippen molar-refractivity contribution in [2.24, 2.45) is 17.8 Å². The first-order valence-corrected chi connectivity index (χ1v) is 45.2. The van der Waals surface area contributed by atoms with Crippen LogP contribution in [0.25, 0.3) is 0 Å². The second kappa shape index (κ2) is 72.7. The Morgan fingerprint density at radius 1 is 0.324 bits per heavy atom. The number of carbonyl (C=O) groups is 4. The number of phosphoric acid groups is 2. The Hall–Kier alpha value is -2.46. The summed E-state index contributed by atoms with van der Waals surface area (Å²) in [5.41, 5.74) is 0. The van der Waals surface area contributed by atoms with Gasteiger partial charge in [-0.05, 0) is 69.1 Å². The molecule has 102 heavy (non-hydrogen) atoms. The van der Waals surface area contributed by atoms with E-state index in [1.54, 1.807) is 0 Å². The molecule has 0 amide bonds. The first kappa shape index (κ1) is 99.5. The van der Waals surface area contributed by atoms with E-state index in [0.29, 0.717) is 31.6 Å². The Bertz CT molecular complexity index is 2070. The van der Waals surface area contributed by atoms with Crippen LogP contribution in [0, 0.1) is 17.8 Å². The Labute approximate surface area is 624 Å². The van der Waals surface area contributed by atoms with E-state index in [9.17, 15) is 43.2 Å². The molecule has 0 aromatic rings. The maximum atomic E-state index is 13.1. The van der Waals surface area contributed by atoms with Gasteiger partial charge in [-0.2, -0.15) is 0 Å². The number of carbonyl (C=O) groups excluding carboxylic acids is 4. The molecule has 0 aliphatic heterocycles. The monoisotopic (exact) mass is 1490 g/mol. The number of rotatable bonds is 79. The first-order chi connectivity index (χ1) is 49.3. The third-order valence-corrected chi connectivity index (χ3v) is 21.0. The molecule has 0 saturated carbocycles. The van der Waals surface area contributed by atoms with E-state index in [1.807, 2.05) is 0 Å². The Morgan fingerprint density at radius 3 is 0.873 bits per heavy atom. The largest absolute Gasteiger partial charge is 0.472 e. The summed E-state index contributed by atoms with van der Waals surface area (Å²) in [6, 6.07) is 0. The van der Waals surface area contributed by atoms with Crippen molar-refractivity contribution in [2.45, 2.75) is 426 Å².